The van der Waals surface area contributed by atoms with Crippen LogP contribution in [0.1, 0.15) is 61.9 Å². The first-order chi connectivity index (χ1) is 13.1. The first-order valence-electron chi connectivity index (χ1n) is 10.5. The summed E-state index contributed by atoms with van der Waals surface area (Å²) in [5.74, 6) is 0.0485. The number of rotatable bonds is 2. The molecule has 4 rings (SSSR count). The van der Waals surface area contributed by atoms with Gasteiger partial charge in [0.25, 0.3) is 5.91 Å². The van der Waals surface area contributed by atoms with E-state index >= 15 is 0 Å². The van der Waals surface area contributed by atoms with E-state index in [0.717, 1.165) is 49.6 Å². The molecule has 2 aromatic rings. The normalized spacial score (nSPS) is 23.8. The summed E-state index contributed by atoms with van der Waals surface area (Å²) in [6, 6.07) is 3.82. The number of carbonyl (C=O) groups is 1. The number of hydrogen-bond donors (Lipinski definition) is 0. The molecule has 1 atom stereocenters. The van der Waals surface area contributed by atoms with Crippen LogP contribution in [0, 0.1) is 24.7 Å². The maximum Gasteiger partial charge on any atom is 0.274 e. The third-order valence-electron chi connectivity index (χ3n) is 6.12. The highest BCUT2D eigenvalue weighted by atomic mass is 16.2. The van der Waals surface area contributed by atoms with Crippen LogP contribution in [-0.2, 0) is 0 Å². The van der Waals surface area contributed by atoms with Gasteiger partial charge in [-0.2, -0.15) is 5.10 Å². The largest absolute Gasteiger partial charge is 0.337 e. The third kappa shape index (κ3) is 3.79. The number of aromatic nitrogens is 3. The van der Waals surface area contributed by atoms with Gasteiger partial charge in [0.2, 0.25) is 0 Å². The smallest absolute Gasteiger partial charge is 0.274 e. The zero-order chi connectivity index (χ0) is 20.1. The van der Waals surface area contributed by atoms with E-state index in [4.69, 9.17) is 0 Å². The summed E-state index contributed by atoms with van der Waals surface area (Å²) in [5.41, 5.74) is 3.79. The summed E-state index contributed by atoms with van der Waals surface area (Å²) < 4.78 is 1.78. The summed E-state index contributed by atoms with van der Waals surface area (Å²) in [6.45, 7) is 16.0. The van der Waals surface area contributed by atoms with Crippen molar-refractivity contribution in [1.82, 2.24) is 24.4 Å². The minimum Gasteiger partial charge on any atom is -0.337 e. The minimum atomic E-state index is 0.0485. The van der Waals surface area contributed by atoms with E-state index in [2.05, 4.69) is 35.8 Å². The van der Waals surface area contributed by atoms with Gasteiger partial charge in [-0.15, -0.1) is 0 Å². The molecule has 2 saturated heterocycles. The predicted octanol–water partition coefficient (Wildman–Crippen LogP) is 3.32. The van der Waals surface area contributed by atoms with Crippen molar-refractivity contribution >= 4 is 11.6 Å². The van der Waals surface area contributed by atoms with Gasteiger partial charge in [-0.1, -0.05) is 20.8 Å². The van der Waals surface area contributed by atoms with Gasteiger partial charge in [0.15, 0.2) is 11.3 Å². The van der Waals surface area contributed by atoms with Crippen LogP contribution in [0.25, 0.3) is 5.65 Å². The van der Waals surface area contributed by atoms with Crippen molar-refractivity contribution in [1.29, 1.82) is 0 Å². The number of likely N-dealkylation sites (tertiary alicyclic amines) is 2. The van der Waals surface area contributed by atoms with Crippen molar-refractivity contribution < 1.29 is 4.79 Å². The van der Waals surface area contributed by atoms with Crippen LogP contribution in [-0.4, -0.2) is 63.0 Å². The summed E-state index contributed by atoms with van der Waals surface area (Å²) in [6.07, 6.45) is 3.56. The zero-order valence-corrected chi connectivity index (χ0v) is 18.0. The van der Waals surface area contributed by atoms with Crippen LogP contribution >= 0.6 is 0 Å². The van der Waals surface area contributed by atoms with Crippen molar-refractivity contribution in [2.45, 2.75) is 53.9 Å². The summed E-state index contributed by atoms with van der Waals surface area (Å²) in [4.78, 5) is 22.3. The predicted molar refractivity (Wildman–Crippen MR) is 111 cm³/mol. The van der Waals surface area contributed by atoms with Gasteiger partial charge >= 0.3 is 0 Å². The second-order valence-electron chi connectivity index (χ2n) is 10.2. The zero-order valence-electron chi connectivity index (χ0n) is 18.0. The number of carbonyl (C=O) groups excluding carboxylic acids is 1. The Kier molecular flexibility index (Phi) is 4.73. The lowest BCUT2D eigenvalue weighted by molar-refractivity contribution is 0.0592. The molecule has 2 aliphatic heterocycles. The van der Waals surface area contributed by atoms with E-state index in [1.54, 1.807) is 4.52 Å². The average molecular weight is 384 g/mol. The minimum absolute atomic E-state index is 0.0485. The van der Waals surface area contributed by atoms with Crippen molar-refractivity contribution in [3.63, 3.8) is 0 Å². The fraction of sp³-hybridized carbons (Fsp3) is 0.682. The molecule has 0 aliphatic carbocycles. The van der Waals surface area contributed by atoms with Crippen molar-refractivity contribution in [3.8, 4) is 0 Å². The fourth-order valence-corrected chi connectivity index (χ4v) is 5.11. The molecule has 152 valence electrons. The van der Waals surface area contributed by atoms with E-state index in [1.807, 2.05) is 30.9 Å². The van der Waals surface area contributed by atoms with E-state index in [0.29, 0.717) is 11.1 Å². The summed E-state index contributed by atoms with van der Waals surface area (Å²) >= 11 is 0. The number of amides is 1. The van der Waals surface area contributed by atoms with Gasteiger partial charge in [-0.05, 0) is 51.1 Å². The molecule has 0 aromatic carbocycles. The van der Waals surface area contributed by atoms with Gasteiger partial charge in [0, 0.05) is 49.0 Å². The highest BCUT2D eigenvalue weighted by Crippen LogP contribution is 2.40. The van der Waals surface area contributed by atoms with Gasteiger partial charge in [0.1, 0.15) is 0 Å². The monoisotopic (exact) mass is 383 g/mol. The lowest BCUT2D eigenvalue weighted by atomic mass is 9.78. The molecule has 6 nitrogen and oxygen atoms in total. The molecule has 0 radical (unpaired) electrons. The molecular weight excluding hydrogens is 350 g/mol. The Balaban J connectivity index is 1.49. The molecule has 0 saturated carbocycles. The number of hydrogen-bond acceptors (Lipinski definition) is 4. The van der Waals surface area contributed by atoms with Crippen LogP contribution in [0.15, 0.2) is 12.1 Å². The molecule has 4 heterocycles. The third-order valence-corrected chi connectivity index (χ3v) is 6.12. The van der Waals surface area contributed by atoms with Crippen LogP contribution in [0.3, 0.4) is 0 Å². The molecule has 6 heteroatoms. The van der Waals surface area contributed by atoms with Gasteiger partial charge in [-0.3, -0.25) is 4.79 Å². The molecular formula is C22H33N5O. The average Bonchev–Trinajstić information content (AvgIpc) is 3.17. The molecule has 1 amide bonds. The topological polar surface area (TPSA) is 53.7 Å². The SMILES string of the molecule is Cc1cc(C)n2nc(C(=O)N3CCC4(CCCN(CC(C)(C)C)C4)C3)cc2n1. The lowest BCUT2D eigenvalue weighted by Gasteiger charge is -2.42. The number of nitrogens with zero attached hydrogens (tertiary/aromatic N) is 5. The number of piperidine rings is 1. The second-order valence-corrected chi connectivity index (χ2v) is 10.2. The Morgan fingerprint density at radius 1 is 1.14 bits per heavy atom. The van der Waals surface area contributed by atoms with Crippen LogP contribution < -0.4 is 0 Å². The number of fused-ring (bicyclic) bond motifs is 1. The molecule has 2 fully saturated rings. The van der Waals surface area contributed by atoms with Crippen LogP contribution in [0.2, 0.25) is 0 Å². The lowest BCUT2D eigenvalue weighted by Crippen LogP contribution is -2.47. The highest BCUT2D eigenvalue weighted by molar-refractivity contribution is 5.93. The molecule has 1 unspecified atom stereocenters. The van der Waals surface area contributed by atoms with E-state index < -0.39 is 0 Å². The molecule has 28 heavy (non-hydrogen) atoms. The fourth-order valence-electron chi connectivity index (χ4n) is 5.11. The van der Waals surface area contributed by atoms with E-state index in [1.165, 1.54) is 19.4 Å². The Hall–Kier alpha value is -1.95. The van der Waals surface area contributed by atoms with Crippen molar-refractivity contribution in [2.75, 3.05) is 32.7 Å². The first kappa shape index (κ1) is 19.4. The molecule has 2 aromatic heterocycles. The van der Waals surface area contributed by atoms with Crippen LogP contribution in [0.4, 0.5) is 0 Å². The maximum absolute atomic E-state index is 13.2. The molecule has 0 N–H and O–H groups in total. The molecule has 0 bridgehead atoms. The van der Waals surface area contributed by atoms with Gasteiger partial charge in [-0.25, -0.2) is 9.50 Å². The Labute approximate surface area is 167 Å². The Morgan fingerprint density at radius 2 is 1.93 bits per heavy atom. The number of aryl methyl sites for hydroxylation is 2. The van der Waals surface area contributed by atoms with E-state index in [9.17, 15) is 4.79 Å². The Bertz CT molecular complexity index is 896. The first-order valence-corrected chi connectivity index (χ1v) is 10.5. The highest BCUT2D eigenvalue weighted by Gasteiger charge is 2.43. The summed E-state index contributed by atoms with van der Waals surface area (Å²) in [7, 11) is 0. The molecule has 1 spiro atoms. The summed E-state index contributed by atoms with van der Waals surface area (Å²) in [5, 5.41) is 4.55. The quantitative estimate of drug-likeness (QED) is 0.798. The van der Waals surface area contributed by atoms with Gasteiger partial charge in [0.05, 0.1) is 0 Å². The Morgan fingerprint density at radius 3 is 2.68 bits per heavy atom. The standard InChI is InChI=1S/C22H33N5O/c1-16-11-17(2)27-19(23-16)12-18(24-27)20(28)26-10-8-22(15-26)7-6-9-25(14-22)13-21(3,4)5/h11-12H,6-10,13-15H2,1-5H3. The van der Waals surface area contributed by atoms with E-state index in [-0.39, 0.29) is 11.3 Å². The second kappa shape index (κ2) is 6.83. The van der Waals surface area contributed by atoms with Crippen LogP contribution in [0.5, 0.6) is 0 Å². The maximum atomic E-state index is 13.2. The van der Waals surface area contributed by atoms with Crippen molar-refractivity contribution in [3.05, 3.63) is 29.2 Å². The molecule has 2 aliphatic rings. The van der Waals surface area contributed by atoms with Gasteiger partial charge < -0.3 is 9.80 Å². The van der Waals surface area contributed by atoms with Crippen molar-refractivity contribution in [2.24, 2.45) is 10.8 Å².